The maximum absolute atomic E-state index is 4.35. The molecule has 1 fully saturated rings. The molecule has 2 nitrogen and oxygen atoms in total. The Morgan fingerprint density at radius 1 is 1.29 bits per heavy atom. The minimum Gasteiger partial charge on any atom is -0.271 e. The summed E-state index contributed by atoms with van der Waals surface area (Å²) in [5.74, 6) is 0.737. The maximum atomic E-state index is 4.35. The van der Waals surface area contributed by atoms with Crippen LogP contribution in [-0.2, 0) is 7.05 Å². The highest BCUT2D eigenvalue weighted by atomic mass is 79.9. The highest BCUT2D eigenvalue weighted by Crippen LogP contribution is 2.32. The van der Waals surface area contributed by atoms with E-state index in [1.54, 1.807) is 0 Å². The van der Waals surface area contributed by atoms with Crippen molar-refractivity contribution in [3.05, 3.63) is 16.4 Å². The first kappa shape index (κ1) is 10.2. The second-order valence-electron chi connectivity index (χ2n) is 4.20. The Morgan fingerprint density at radius 2 is 1.93 bits per heavy atom. The molecule has 0 amide bonds. The van der Waals surface area contributed by atoms with Gasteiger partial charge in [-0.3, -0.25) is 4.68 Å². The van der Waals surface area contributed by atoms with Gasteiger partial charge in [-0.15, -0.1) is 0 Å². The Kier molecular flexibility index (Phi) is 3.26. The summed E-state index contributed by atoms with van der Waals surface area (Å²) in [6, 6.07) is 2.18. The highest BCUT2D eigenvalue weighted by molar-refractivity contribution is 9.10. The lowest BCUT2D eigenvalue weighted by Crippen LogP contribution is -2.04. The molecule has 0 aromatic carbocycles. The Bertz CT molecular complexity index is 298. The molecule has 0 spiro atoms. The van der Waals surface area contributed by atoms with E-state index in [2.05, 4.69) is 27.1 Å². The van der Waals surface area contributed by atoms with E-state index < -0.39 is 0 Å². The molecule has 3 heteroatoms. The van der Waals surface area contributed by atoms with E-state index in [1.165, 1.54) is 44.2 Å². The highest BCUT2D eigenvalue weighted by Gasteiger charge is 2.17. The fraction of sp³-hybridized carbons (Fsp3) is 0.727. The predicted molar refractivity (Wildman–Crippen MR) is 61.4 cm³/mol. The molecular weight excluding hydrogens is 240 g/mol. The zero-order valence-electron chi connectivity index (χ0n) is 8.67. The van der Waals surface area contributed by atoms with Crippen molar-refractivity contribution in [3.63, 3.8) is 0 Å². The lowest BCUT2D eigenvalue weighted by molar-refractivity contribution is 0.541. The lowest BCUT2D eigenvalue weighted by Gasteiger charge is -2.13. The van der Waals surface area contributed by atoms with Gasteiger partial charge < -0.3 is 0 Å². The largest absolute Gasteiger partial charge is 0.271 e. The Hall–Kier alpha value is -0.310. The van der Waals surface area contributed by atoms with E-state index in [0.29, 0.717) is 0 Å². The molecule has 1 aromatic rings. The van der Waals surface area contributed by atoms with Crippen LogP contribution in [0.4, 0.5) is 0 Å². The molecule has 1 aliphatic rings. The molecule has 1 saturated carbocycles. The molecule has 0 radical (unpaired) electrons. The Balaban J connectivity index is 2.15. The normalized spacial score (nSPS) is 19.6. The average Bonchev–Trinajstić information content (AvgIpc) is 2.43. The van der Waals surface area contributed by atoms with Gasteiger partial charge in [0.1, 0.15) is 4.60 Å². The number of aromatic nitrogens is 2. The maximum Gasteiger partial charge on any atom is 0.128 e. The fourth-order valence-corrected chi connectivity index (χ4v) is 2.87. The van der Waals surface area contributed by atoms with Crippen LogP contribution in [0.2, 0.25) is 0 Å². The summed E-state index contributed by atoms with van der Waals surface area (Å²) < 4.78 is 3.00. The summed E-state index contributed by atoms with van der Waals surface area (Å²) in [4.78, 5) is 0. The quantitative estimate of drug-likeness (QED) is 0.702. The monoisotopic (exact) mass is 256 g/mol. The third-order valence-corrected chi connectivity index (χ3v) is 3.55. The third kappa shape index (κ3) is 2.19. The molecule has 0 aliphatic heterocycles. The summed E-state index contributed by atoms with van der Waals surface area (Å²) in [5, 5.41) is 4.35. The van der Waals surface area contributed by atoms with E-state index >= 15 is 0 Å². The minimum absolute atomic E-state index is 0.737. The van der Waals surface area contributed by atoms with Crippen molar-refractivity contribution < 1.29 is 0 Å². The van der Waals surface area contributed by atoms with Crippen LogP contribution in [0.3, 0.4) is 0 Å². The topological polar surface area (TPSA) is 17.8 Å². The van der Waals surface area contributed by atoms with Crippen LogP contribution in [0.15, 0.2) is 10.7 Å². The predicted octanol–water partition coefficient (Wildman–Crippen LogP) is 3.62. The van der Waals surface area contributed by atoms with Gasteiger partial charge in [0.15, 0.2) is 0 Å². The number of halogens is 1. The molecule has 1 aromatic heterocycles. The van der Waals surface area contributed by atoms with Gasteiger partial charge in [-0.1, -0.05) is 25.7 Å². The number of aryl methyl sites for hydroxylation is 1. The molecule has 2 rings (SSSR count). The van der Waals surface area contributed by atoms with Crippen molar-refractivity contribution in [2.45, 2.75) is 44.4 Å². The Morgan fingerprint density at radius 3 is 2.43 bits per heavy atom. The van der Waals surface area contributed by atoms with Crippen LogP contribution in [0.5, 0.6) is 0 Å². The molecule has 0 unspecified atom stereocenters. The summed E-state index contributed by atoms with van der Waals surface area (Å²) in [6.07, 6.45) is 8.27. The van der Waals surface area contributed by atoms with Gasteiger partial charge in [0.05, 0.1) is 0 Å². The van der Waals surface area contributed by atoms with Gasteiger partial charge in [0.2, 0.25) is 0 Å². The third-order valence-electron chi connectivity index (χ3n) is 3.16. The van der Waals surface area contributed by atoms with E-state index in [4.69, 9.17) is 0 Å². The molecule has 0 bridgehead atoms. The lowest BCUT2D eigenvalue weighted by atomic mass is 9.97. The van der Waals surface area contributed by atoms with Gasteiger partial charge in [0.25, 0.3) is 0 Å². The number of nitrogens with zero attached hydrogens (tertiary/aromatic N) is 2. The molecule has 1 aliphatic carbocycles. The standard InChI is InChI=1S/C11H17BrN2/c1-14-10(8-11(12)13-14)9-6-4-2-3-5-7-9/h8-9H,2-7H2,1H3. The second kappa shape index (κ2) is 4.47. The zero-order valence-corrected chi connectivity index (χ0v) is 10.3. The van der Waals surface area contributed by atoms with E-state index in [9.17, 15) is 0 Å². The minimum atomic E-state index is 0.737. The van der Waals surface area contributed by atoms with Crippen molar-refractivity contribution in [2.24, 2.45) is 7.05 Å². The molecule has 1 heterocycles. The molecule has 0 atom stereocenters. The first-order chi connectivity index (χ1) is 6.77. The smallest absolute Gasteiger partial charge is 0.128 e. The van der Waals surface area contributed by atoms with Gasteiger partial charge in [-0.25, -0.2) is 0 Å². The van der Waals surface area contributed by atoms with Gasteiger partial charge in [-0.2, -0.15) is 5.10 Å². The number of hydrogen-bond acceptors (Lipinski definition) is 1. The first-order valence-electron chi connectivity index (χ1n) is 5.47. The van der Waals surface area contributed by atoms with Gasteiger partial charge >= 0.3 is 0 Å². The van der Waals surface area contributed by atoms with Crippen LogP contribution < -0.4 is 0 Å². The van der Waals surface area contributed by atoms with Gasteiger partial charge in [0, 0.05) is 18.7 Å². The van der Waals surface area contributed by atoms with E-state index in [-0.39, 0.29) is 0 Å². The molecule has 78 valence electrons. The second-order valence-corrected chi connectivity index (χ2v) is 5.02. The van der Waals surface area contributed by atoms with Crippen LogP contribution in [0, 0.1) is 0 Å². The number of hydrogen-bond donors (Lipinski definition) is 0. The zero-order chi connectivity index (χ0) is 9.97. The van der Waals surface area contributed by atoms with Crippen molar-refractivity contribution in [1.29, 1.82) is 0 Å². The van der Waals surface area contributed by atoms with Crippen LogP contribution in [0.25, 0.3) is 0 Å². The Labute approximate surface area is 93.8 Å². The number of rotatable bonds is 1. The fourth-order valence-electron chi connectivity index (χ4n) is 2.40. The summed E-state index contributed by atoms with van der Waals surface area (Å²) in [5.41, 5.74) is 1.40. The molecule has 0 saturated heterocycles. The van der Waals surface area contributed by atoms with E-state index in [1.807, 2.05) is 11.7 Å². The molecule has 0 N–H and O–H groups in total. The van der Waals surface area contributed by atoms with Crippen LogP contribution in [-0.4, -0.2) is 9.78 Å². The summed E-state index contributed by atoms with van der Waals surface area (Å²) >= 11 is 3.44. The van der Waals surface area contributed by atoms with Crippen molar-refractivity contribution in [1.82, 2.24) is 9.78 Å². The van der Waals surface area contributed by atoms with Crippen LogP contribution in [0.1, 0.15) is 50.1 Å². The first-order valence-corrected chi connectivity index (χ1v) is 6.26. The molecule has 14 heavy (non-hydrogen) atoms. The summed E-state index contributed by atoms with van der Waals surface area (Å²) in [6.45, 7) is 0. The van der Waals surface area contributed by atoms with Crippen molar-refractivity contribution >= 4 is 15.9 Å². The van der Waals surface area contributed by atoms with Crippen molar-refractivity contribution in [3.8, 4) is 0 Å². The van der Waals surface area contributed by atoms with Crippen LogP contribution >= 0.6 is 15.9 Å². The van der Waals surface area contributed by atoms with Gasteiger partial charge in [-0.05, 0) is 34.8 Å². The SMILES string of the molecule is Cn1nc(Br)cc1C1CCCCCC1. The van der Waals surface area contributed by atoms with Crippen molar-refractivity contribution in [2.75, 3.05) is 0 Å². The van der Waals surface area contributed by atoms with E-state index in [0.717, 1.165) is 10.5 Å². The summed E-state index contributed by atoms with van der Waals surface area (Å²) in [7, 11) is 2.05. The molecular formula is C11H17BrN2. The average molecular weight is 257 g/mol.